The highest BCUT2D eigenvalue weighted by atomic mass is 32.1. The molecule has 0 spiro atoms. The van der Waals surface area contributed by atoms with E-state index in [2.05, 4.69) is 23.3 Å². The van der Waals surface area contributed by atoms with Crippen molar-refractivity contribution in [2.24, 2.45) is 5.73 Å². The molecule has 0 aromatic heterocycles. The SMILES string of the molecule is CC(C)OC(=O)CNC(=O)[C@H](Cc1ccccc1)OCCNC[C@@H](N)CS. The van der Waals surface area contributed by atoms with Gasteiger partial charge in [-0.1, -0.05) is 30.3 Å². The van der Waals surface area contributed by atoms with Gasteiger partial charge < -0.3 is 25.8 Å². The molecule has 27 heavy (non-hydrogen) atoms. The Hall–Kier alpha value is -1.61. The van der Waals surface area contributed by atoms with Gasteiger partial charge in [-0.2, -0.15) is 12.6 Å². The minimum absolute atomic E-state index is 0.0243. The monoisotopic (exact) mass is 397 g/mol. The molecule has 0 bridgehead atoms. The number of amides is 1. The molecule has 0 radical (unpaired) electrons. The van der Waals surface area contributed by atoms with E-state index in [1.165, 1.54) is 0 Å². The zero-order valence-electron chi connectivity index (χ0n) is 16.0. The van der Waals surface area contributed by atoms with E-state index in [4.69, 9.17) is 15.2 Å². The summed E-state index contributed by atoms with van der Waals surface area (Å²) in [7, 11) is 0. The first-order chi connectivity index (χ1) is 12.9. The molecular formula is C19H31N3O4S. The zero-order chi connectivity index (χ0) is 20.1. The fourth-order valence-electron chi connectivity index (χ4n) is 2.26. The molecule has 0 aliphatic rings. The number of hydrogen-bond acceptors (Lipinski definition) is 7. The highest BCUT2D eigenvalue weighted by molar-refractivity contribution is 7.80. The third-order valence-corrected chi connectivity index (χ3v) is 4.04. The fourth-order valence-corrected chi connectivity index (χ4v) is 2.39. The Labute approximate surface area is 166 Å². The first-order valence-electron chi connectivity index (χ1n) is 9.12. The average molecular weight is 398 g/mol. The number of carbonyl (C=O) groups excluding carboxylic acids is 2. The van der Waals surface area contributed by atoms with Crippen molar-refractivity contribution >= 4 is 24.5 Å². The third kappa shape index (κ3) is 11.0. The minimum atomic E-state index is -0.695. The van der Waals surface area contributed by atoms with Crippen molar-refractivity contribution < 1.29 is 19.1 Å². The van der Waals surface area contributed by atoms with E-state index < -0.39 is 12.1 Å². The molecule has 8 heteroatoms. The number of benzene rings is 1. The Morgan fingerprint density at radius 3 is 2.56 bits per heavy atom. The number of nitrogens with one attached hydrogen (secondary N) is 2. The standard InChI is InChI=1S/C19H31N3O4S/c1-14(2)26-18(23)12-22-19(24)17(10-15-6-4-3-5-7-15)25-9-8-21-11-16(20)13-27/h3-7,14,16-17,21,27H,8-13,20H2,1-2H3,(H,22,24)/t16-,17+/m1/s1. The van der Waals surface area contributed by atoms with Gasteiger partial charge in [0, 0.05) is 31.3 Å². The Balaban J connectivity index is 2.51. The number of rotatable bonds is 13. The molecule has 1 aromatic carbocycles. The van der Waals surface area contributed by atoms with Crippen molar-refractivity contribution in [3.05, 3.63) is 35.9 Å². The summed E-state index contributed by atoms with van der Waals surface area (Å²) < 4.78 is 10.8. The Morgan fingerprint density at radius 1 is 1.22 bits per heavy atom. The van der Waals surface area contributed by atoms with Gasteiger partial charge in [-0.15, -0.1) is 0 Å². The second-order valence-corrected chi connectivity index (χ2v) is 6.82. The highest BCUT2D eigenvalue weighted by Crippen LogP contribution is 2.06. The lowest BCUT2D eigenvalue weighted by Crippen LogP contribution is -2.42. The van der Waals surface area contributed by atoms with E-state index in [9.17, 15) is 9.59 Å². The predicted octanol–water partition coefficient (Wildman–Crippen LogP) is 0.529. The molecule has 0 aliphatic heterocycles. The molecule has 1 amide bonds. The van der Waals surface area contributed by atoms with Crippen LogP contribution in [0.3, 0.4) is 0 Å². The van der Waals surface area contributed by atoms with Crippen LogP contribution in [0.4, 0.5) is 0 Å². The van der Waals surface area contributed by atoms with Gasteiger partial charge in [-0.3, -0.25) is 9.59 Å². The van der Waals surface area contributed by atoms with Gasteiger partial charge in [-0.25, -0.2) is 0 Å². The van der Waals surface area contributed by atoms with Crippen molar-refractivity contribution in [2.75, 3.05) is 32.0 Å². The maximum atomic E-state index is 12.5. The van der Waals surface area contributed by atoms with Gasteiger partial charge in [0.05, 0.1) is 12.7 Å². The predicted molar refractivity (Wildman–Crippen MR) is 109 cm³/mol. The maximum absolute atomic E-state index is 12.5. The van der Waals surface area contributed by atoms with Crippen molar-refractivity contribution in [1.29, 1.82) is 0 Å². The van der Waals surface area contributed by atoms with Crippen LogP contribution in [0.25, 0.3) is 0 Å². The Kier molecular flexibility index (Phi) is 11.8. The summed E-state index contributed by atoms with van der Waals surface area (Å²) in [5, 5.41) is 5.75. The van der Waals surface area contributed by atoms with Crippen LogP contribution >= 0.6 is 12.6 Å². The van der Waals surface area contributed by atoms with Crippen LogP contribution in [-0.4, -0.2) is 62.1 Å². The van der Waals surface area contributed by atoms with Crippen molar-refractivity contribution in [2.45, 2.75) is 38.5 Å². The largest absolute Gasteiger partial charge is 0.462 e. The molecule has 0 fully saturated rings. The number of nitrogens with two attached hydrogens (primary N) is 1. The first-order valence-corrected chi connectivity index (χ1v) is 9.75. The van der Waals surface area contributed by atoms with E-state index in [1.807, 2.05) is 30.3 Å². The molecule has 0 unspecified atom stereocenters. The van der Waals surface area contributed by atoms with Gasteiger partial charge in [0.1, 0.15) is 12.6 Å². The second-order valence-electron chi connectivity index (χ2n) is 6.45. The second kappa shape index (κ2) is 13.5. The molecule has 1 aromatic rings. The number of ether oxygens (including phenoxy) is 2. The van der Waals surface area contributed by atoms with E-state index in [1.54, 1.807) is 13.8 Å². The summed E-state index contributed by atoms with van der Waals surface area (Å²) in [6.45, 7) is 4.88. The first kappa shape index (κ1) is 23.4. The van der Waals surface area contributed by atoms with Crippen LogP contribution in [0, 0.1) is 0 Å². The lowest BCUT2D eigenvalue weighted by molar-refractivity contribution is -0.148. The normalized spacial score (nSPS) is 13.2. The quantitative estimate of drug-likeness (QED) is 0.220. The average Bonchev–Trinajstić information content (AvgIpc) is 2.64. The molecule has 0 heterocycles. The van der Waals surface area contributed by atoms with Gasteiger partial charge >= 0.3 is 5.97 Å². The Bertz CT molecular complexity index is 557. The minimum Gasteiger partial charge on any atom is -0.462 e. The van der Waals surface area contributed by atoms with Gasteiger partial charge in [0.25, 0.3) is 0 Å². The van der Waals surface area contributed by atoms with Crippen molar-refractivity contribution in [3.63, 3.8) is 0 Å². The molecule has 1 rings (SSSR count). The molecule has 152 valence electrons. The van der Waals surface area contributed by atoms with Crippen LogP contribution in [-0.2, 0) is 25.5 Å². The number of hydrogen-bond donors (Lipinski definition) is 4. The van der Waals surface area contributed by atoms with Gasteiger partial charge in [0.2, 0.25) is 5.91 Å². The molecule has 0 saturated heterocycles. The smallest absolute Gasteiger partial charge is 0.325 e. The van der Waals surface area contributed by atoms with Crippen molar-refractivity contribution in [1.82, 2.24) is 10.6 Å². The maximum Gasteiger partial charge on any atom is 0.325 e. The molecule has 0 saturated carbocycles. The van der Waals surface area contributed by atoms with E-state index in [0.29, 0.717) is 31.9 Å². The zero-order valence-corrected chi connectivity index (χ0v) is 16.9. The van der Waals surface area contributed by atoms with Crippen molar-refractivity contribution in [3.8, 4) is 0 Å². The topological polar surface area (TPSA) is 103 Å². The van der Waals surface area contributed by atoms with Crippen LogP contribution in [0.15, 0.2) is 30.3 Å². The molecule has 7 nitrogen and oxygen atoms in total. The summed E-state index contributed by atoms with van der Waals surface area (Å²) in [4.78, 5) is 24.1. The van der Waals surface area contributed by atoms with Crippen LogP contribution in [0.5, 0.6) is 0 Å². The summed E-state index contributed by atoms with van der Waals surface area (Å²) >= 11 is 4.13. The van der Waals surface area contributed by atoms with Gasteiger partial charge in [-0.05, 0) is 19.4 Å². The molecular weight excluding hydrogens is 366 g/mol. The molecule has 2 atom stereocenters. The Morgan fingerprint density at radius 2 is 1.93 bits per heavy atom. The van der Waals surface area contributed by atoms with Crippen LogP contribution in [0.1, 0.15) is 19.4 Å². The number of carbonyl (C=O) groups is 2. The number of thiol groups is 1. The lowest BCUT2D eigenvalue weighted by Gasteiger charge is -2.18. The van der Waals surface area contributed by atoms with Gasteiger partial charge in [0.15, 0.2) is 0 Å². The summed E-state index contributed by atoms with van der Waals surface area (Å²) in [5.41, 5.74) is 6.76. The lowest BCUT2D eigenvalue weighted by atomic mass is 10.1. The van der Waals surface area contributed by atoms with Crippen LogP contribution < -0.4 is 16.4 Å². The molecule has 4 N–H and O–H groups in total. The summed E-state index contributed by atoms with van der Waals surface area (Å²) in [6, 6.07) is 9.57. The van der Waals surface area contributed by atoms with Crippen LogP contribution in [0.2, 0.25) is 0 Å². The van der Waals surface area contributed by atoms with E-state index in [0.717, 1.165) is 5.56 Å². The fraction of sp³-hybridized carbons (Fsp3) is 0.579. The molecule has 0 aliphatic carbocycles. The summed E-state index contributed by atoms with van der Waals surface area (Å²) in [5.74, 6) is -0.217. The highest BCUT2D eigenvalue weighted by Gasteiger charge is 2.20. The number of esters is 1. The summed E-state index contributed by atoms with van der Waals surface area (Å²) in [6.07, 6.45) is -0.498. The van der Waals surface area contributed by atoms with E-state index in [-0.39, 0.29) is 24.6 Å². The third-order valence-electron chi connectivity index (χ3n) is 3.57. The van der Waals surface area contributed by atoms with E-state index >= 15 is 0 Å².